The fourth-order valence-electron chi connectivity index (χ4n) is 1.55. The Kier molecular flexibility index (Phi) is 2.83. The predicted molar refractivity (Wildman–Crippen MR) is 55.3 cm³/mol. The molecule has 0 radical (unpaired) electrons. The van der Waals surface area contributed by atoms with Crippen molar-refractivity contribution in [1.29, 1.82) is 0 Å². The quantitative estimate of drug-likeness (QED) is 0.363. The number of halogens is 2. The van der Waals surface area contributed by atoms with Crippen LogP contribution in [0.25, 0.3) is 0 Å². The zero-order chi connectivity index (χ0) is 12.5. The molecule has 0 amide bonds. The lowest BCUT2D eigenvalue weighted by Gasteiger charge is -2.34. The second-order valence-electron chi connectivity index (χ2n) is 3.87. The van der Waals surface area contributed by atoms with E-state index < -0.39 is 12.0 Å². The van der Waals surface area contributed by atoms with Crippen LogP contribution in [0, 0.1) is 0 Å². The second-order valence-corrected chi connectivity index (χ2v) is 3.87. The van der Waals surface area contributed by atoms with Crippen LogP contribution in [0.5, 0.6) is 5.88 Å². The average Bonchev–Trinajstić information content (AvgIpc) is 2.26. The molecule has 1 aliphatic carbocycles. The molecule has 5 nitrogen and oxygen atoms in total. The minimum Gasteiger partial charge on any atom is -0.474 e. The van der Waals surface area contributed by atoms with Crippen molar-refractivity contribution >= 4 is 5.84 Å². The Balaban J connectivity index is 2.03. The average molecular weight is 243 g/mol. The van der Waals surface area contributed by atoms with Crippen LogP contribution < -0.4 is 10.5 Å². The van der Waals surface area contributed by atoms with Crippen LogP contribution in [0.4, 0.5) is 8.78 Å². The van der Waals surface area contributed by atoms with Gasteiger partial charge in [0, 0.05) is 30.7 Å². The topological polar surface area (TPSA) is 80.7 Å². The van der Waals surface area contributed by atoms with E-state index in [1.807, 2.05) is 0 Å². The van der Waals surface area contributed by atoms with E-state index in [4.69, 9.17) is 15.7 Å². The summed E-state index contributed by atoms with van der Waals surface area (Å²) in [5, 5.41) is 11.3. The van der Waals surface area contributed by atoms with Crippen molar-refractivity contribution in [2.75, 3.05) is 0 Å². The van der Waals surface area contributed by atoms with E-state index in [-0.39, 0.29) is 24.6 Å². The van der Waals surface area contributed by atoms with E-state index in [0.717, 1.165) is 0 Å². The second kappa shape index (κ2) is 4.15. The van der Waals surface area contributed by atoms with Gasteiger partial charge in [0.2, 0.25) is 5.88 Å². The van der Waals surface area contributed by atoms with Crippen LogP contribution in [-0.2, 0) is 0 Å². The molecule has 0 unspecified atom stereocenters. The van der Waals surface area contributed by atoms with Crippen molar-refractivity contribution in [2.24, 2.45) is 10.9 Å². The normalized spacial score (nSPS) is 19.8. The molecular weight excluding hydrogens is 232 g/mol. The monoisotopic (exact) mass is 243 g/mol. The Labute approximate surface area is 95.9 Å². The first kappa shape index (κ1) is 11.6. The third-order valence-electron chi connectivity index (χ3n) is 2.48. The molecule has 0 saturated heterocycles. The van der Waals surface area contributed by atoms with Gasteiger partial charge in [-0.1, -0.05) is 5.16 Å². The summed E-state index contributed by atoms with van der Waals surface area (Å²) in [6.45, 7) is 0. The lowest BCUT2D eigenvalue weighted by Crippen LogP contribution is -2.43. The molecule has 1 saturated carbocycles. The number of nitrogens with zero attached hydrogens (tertiary/aromatic N) is 2. The molecule has 0 aromatic carbocycles. The summed E-state index contributed by atoms with van der Waals surface area (Å²) in [6.07, 6.45) is 0.268. The van der Waals surface area contributed by atoms with Gasteiger partial charge < -0.3 is 15.7 Å². The molecule has 0 spiro atoms. The van der Waals surface area contributed by atoms with Gasteiger partial charge in [-0.05, 0) is 6.07 Å². The fraction of sp³-hybridized carbons (Fsp3) is 0.400. The lowest BCUT2D eigenvalue weighted by atomic mass is 9.91. The van der Waals surface area contributed by atoms with Crippen molar-refractivity contribution in [3.05, 3.63) is 23.9 Å². The lowest BCUT2D eigenvalue weighted by molar-refractivity contribution is -0.135. The van der Waals surface area contributed by atoms with Gasteiger partial charge in [0.15, 0.2) is 5.84 Å². The number of rotatable bonds is 3. The van der Waals surface area contributed by atoms with Gasteiger partial charge in [-0.3, -0.25) is 0 Å². The van der Waals surface area contributed by atoms with E-state index in [9.17, 15) is 8.78 Å². The Bertz CT molecular complexity index is 443. The standard InChI is InChI=1S/C10H11F2N3O2/c11-10(12)4-7(5-10)17-8-3-6(1-2-14-8)9(13)15-16/h1-3,7,16H,4-5H2,(H2,13,15). The number of oxime groups is 1. The molecule has 0 bridgehead atoms. The number of ether oxygens (including phenoxy) is 1. The third-order valence-corrected chi connectivity index (χ3v) is 2.48. The summed E-state index contributed by atoms with van der Waals surface area (Å²) in [7, 11) is 0. The maximum absolute atomic E-state index is 12.6. The van der Waals surface area contributed by atoms with Crippen LogP contribution in [0.1, 0.15) is 18.4 Å². The van der Waals surface area contributed by atoms with Gasteiger partial charge in [0.1, 0.15) is 6.10 Å². The van der Waals surface area contributed by atoms with Crippen LogP contribution >= 0.6 is 0 Å². The predicted octanol–water partition coefficient (Wildman–Crippen LogP) is 1.35. The number of alkyl halides is 2. The minimum absolute atomic E-state index is 0.0869. The van der Waals surface area contributed by atoms with Crippen molar-refractivity contribution in [3.8, 4) is 5.88 Å². The van der Waals surface area contributed by atoms with E-state index in [1.165, 1.54) is 18.3 Å². The minimum atomic E-state index is -2.63. The van der Waals surface area contributed by atoms with Crippen LogP contribution in [0.15, 0.2) is 23.5 Å². The maximum Gasteiger partial charge on any atom is 0.255 e. The Hall–Kier alpha value is -1.92. The summed E-state index contributed by atoms with van der Waals surface area (Å²) in [5.74, 6) is -2.53. The molecule has 1 heterocycles. The third kappa shape index (κ3) is 2.61. The summed E-state index contributed by atoms with van der Waals surface area (Å²) < 4.78 is 30.4. The molecule has 1 aromatic heterocycles. The number of hydrogen-bond donors (Lipinski definition) is 2. The highest BCUT2D eigenvalue weighted by Gasteiger charge is 2.47. The molecule has 1 aromatic rings. The van der Waals surface area contributed by atoms with Crippen LogP contribution in [0.2, 0.25) is 0 Å². The number of aromatic nitrogens is 1. The molecule has 3 N–H and O–H groups in total. The Morgan fingerprint density at radius 2 is 2.29 bits per heavy atom. The number of nitrogens with two attached hydrogens (primary N) is 1. The molecule has 1 fully saturated rings. The number of amidine groups is 1. The zero-order valence-electron chi connectivity index (χ0n) is 8.81. The maximum atomic E-state index is 12.6. The SMILES string of the molecule is N/C(=N\O)c1ccnc(OC2CC(F)(F)C2)c1. The van der Waals surface area contributed by atoms with Gasteiger partial charge in [0.25, 0.3) is 5.92 Å². The van der Waals surface area contributed by atoms with Crippen molar-refractivity contribution in [2.45, 2.75) is 24.9 Å². The summed E-state index contributed by atoms with van der Waals surface area (Å²) in [5.41, 5.74) is 5.80. The summed E-state index contributed by atoms with van der Waals surface area (Å²) >= 11 is 0. The molecule has 17 heavy (non-hydrogen) atoms. The summed E-state index contributed by atoms with van der Waals surface area (Å²) in [4.78, 5) is 3.87. The first-order valence-corrected chi connectivity index (χ1v) is 4.98. The highest BCUT2D eigenvalue weighted by atomic mass is 19.3. The van der Waals surface area contributed by atoms with Crippen molar-refractivity contribution < 1.29 is 18.7 Å². The number of pyridine rings is 1. The van der Waals surface area contributed by atoms with E-state index in [1.54, 1.807) is 0 Å². The van der Waals surface area contributed by atoms with Gasteiger partial charge in [-0.15, -0.1) is 0 Å². The number of hydrogen-bond acceptors (Lipinski definition) is 4. The van der Waals surface area contributed by atoms with Crippen molar-refractivity contribution in [1.82, 2.24) is 4.98 Å². The molecule has 92 valence electrons. The molecule has 1 aliphatic rings. The Morgan fingerprint density at radius 3 is 2.88 bits per heavy atom. The largest absolute Gasteiger partial charge is 0.474 e. The molecule has 2 rings (SSSR count). The molecule has 7 heteroatoms. The van der Waals surface area contributed by atoms with Gasteiger partial charge in [-0.2, -0.15) is 0 Å². The summed E-state index contributed by atoms with van der Waals surface area (Å²) in [6, 6.07) is 2.96. The smallest absolute Gasteiger partial charge is 0.255 e. The highest BCUT2D eigenvalue weighted by Crippen LogP contribution is 2.39. The van der Waals surface area contributed by atoms with Crippen LogP contribution in [-0.4, -0.2) is 28.1 Å². The van der Waals surface area contributed by atoms with Gasteiger partial charge in [-0.25, -0.2) is 13.8 Å². The molecular formula is C10H11F2N3O2. The first-order chi connectivity index (χ1) is 8.00. The first-order valence-electron chi connectivity index (χ1n) is 4.98. The van der Waals surface area contributed by atoms with Crippen LogP contribution in [0.3, 0.4) is 0 Å². The zero-order valence-corrected chi connectivity index (χ0v) is 8.81. The molecule has 0 aliphatic heterocycles. The van der Waals surface area contributed by atoms with E-state index in [0.29, 0.717) is 5.56 Å². The van der Waals surface area contributed by atoms with Gasteiger partial charge >= 0.3 is 0 Å². The van der Waals surface area contributed by atoms with Gasteiger partial charge in [0.05, 0.1) is 0 Å². The molecule has 0 atom stereocenters. The fourth-order valence-corrected chi connectivity index (χ4v) is 1.55. The Morgan fingerprint density at radius 1 is 1.59 bits per heavy atom. The van der Waals surface area contributed by atoms with E-state index in [2.05, 4.69) is 10.1 Å². The van der Waals surface area contributed by atoms with Crippen molar-refractivity contribution in [3.63, 3.8) is 0 Å². The highest BCUT2D eigenvalue weighted by molar-refractivity contribution is 5.97. The van der Waals surface area contributed by atoms with E-state index >= 15 is 0 Å².